The van der Waals surface area contributed by atoms with Crippen LogP contribution in [-0.4, -0.2) is 24.5 Å². The Bertz CT molecular complexity index is 394. The van der Waals surface area contributed by atoms with Crippen molar-refractivity contribution in [1.29, 1.82) is 0 Å². The molecule has 0 radical (unpaired) electrons. The van der Waals surface area contributed by atoms with Gasteiger partial charge in [0.2, 0.25) is 6.41 Å². The summed E-state index contributed by atoms with van der Waals surface area (Å²) in [6.45, 7) is 0.441. The number of rotatable bonds is 8. The molecule has 1 amide bonds. The summed E-state index contributed by atoms with van der Waals surface area (Å²) in [5.74, 6) is -0.177. The van der Waals surface area contributed by atoms with Crippen LogP contribution in [0.3, 0.4) is 0 Å². The number of amides is 1. The second-order valence-corrected chi connectivity index (χ2v) is 3.89. The van der Waals surface area contributed by atoms with Crippen molar-refractivity contribution in [2.75, 3.05) is 7.11 Å². The predicted octanol–water partition coefficient (Wildman–Crippen LogP) is 1.21. The van der Waals surface area contributed by atoms with E-state index >= 15 is 0 Å². The van der Waals surface area contributed by atoms with E-state index in [-0.39, 0.29) is 5.97 Å². The van der Waals surface area contributed by atoms with Crippen molar-refractivity contribution < 1.29 is 14.3 Å². The van der Waals surface area contributed by atoms with Gasteiger partial charge in [-0.2, -0.15) is 0 Å². The Hall–Kier alpha value is -1.91. The van der Waals surface area contributed by atoms with Crippen LogP contribution in [0.2, 0.25) is 0 Å². The minimum Gasteiger partial charge on any atom is -0.469 e. The molecule has 0 aliphatic carbocycles. The highest BCUT2D eigenvalue weighted by Crippen LogP contribution is 2.10. The first-order valence-electron chi connectivity index (χ1n) is 5.94. The Labute approximate surface area is 107 Å². The SMILES string of the molecule is COC(=O)CCCCc1cccnc1CNC=O. The van der Waals surface area contributed by atoms with Crippen molar-refractivity contribution in [2.45, 2.75) is 32.2 Å². The zero-order valence-corrected chi connectivity index (χ0v) is 10.5. The molecule has 0 aromatic carbocycles. The minimum atomic E-state index is -0.177. The Morgan fingerprint density at radius 3 is 3.06 bits per heavy atom. The lowest BCUT2D eigenvalue weighted by Gasteiger charge is -2.07. The highest BCUT2D eigenvalue weighted by molar-refractivity contribution is 5.68. The summed E-state index contributed by atoms with van der Waals surface area (Å²) < 4.78 is 4.58. The molecule has 0 aliphatic rings. The summed E-state index contributed by atoms with van der Waals surface area (Å²) in [5.41, 5.74) is 1.99. The molecule has 5 nitrogen and oxygen atoms in total. The fourth-order valence-corrected chi connectivity index (χ4v) is 1.68. The van der Waals surface area contributed by atoms with E-state index in [9.17, 15) is 9.59 Å². The third-order valence-electron chi connectivity index (χ3n) is 2.64. The Morgan fingerprint density at radius 1 is 1.50 bits per heavy atom. The molecule has 1 heterocycles. The molecule has 0 saturated heterocycles. The molecule has 0 aliphatic heterocycles. The second-order valence-electron chi connectivity index (χ2n) is 3.89. The zero-order chi connectivity index (χ0) is 13.2. The number of methoxy groups -OCH3 is 1. The third-order valence-corrected chi connectivity index (χ3v) is 2.64. The number of nitrogens with one attached hydrogen (secondary N) is 1. The Morgan fingerprint density at radius 2 is 2.33 bits per heavy atom. The summed E-state index contributed by atoms with van der Waals surface area (Å²) in [6, 6.07) is 3.87. The van der Waals surface area contributed by atoms with E-state index in [1.165, 1.54) is 7.11 Å². The van der Waals surface area contributed by atoms with Gasteiger partial charge in [0, 0.05) is 12.6 Å². The molecule has 0 fully saturated rings. The lowest BCUT2D eigenvalue weighted by atomic mass is 10.1. The molecule has 0 spiro atoms. The zero-order valence-electron chi connectivity index (χ0n) is 10.5. The number of ether oxygens (including phenoxy) is 1. The fourth-order valence-electron chi connectivity index (χ4n) is 1.68. The maximum absolute atomic E-state index is 10.9. The molecule has 5 heteroatoms. The fraction of sp³-hybridized carbons (Fsp3) is 0.462. The monoisotopic (exact) mass is 250 g/mol. The lowest BCUT2D eigenvalue weighted by Crippen LogP contribution is -2.13. The van der Waals surface area contributed by atoms with Crippen LogP contribution in [0.4, 0.5) is 0 Å². The van der Waals surface area contributed by atoms with E-state index < -0.39 is 0 Å². The largest absolute Gasteiger partial charge is 0.469 e. The number of carbonyl (C=O) groups excluding carboxylic acids is 2. The van der Waals surface area contributed by atoms with Crippen molar-refractivity contribution in [3.8, 4) is 0 Å². The predicted molar refractivity (Wildman–Crippen MR) is 66.7 cm³/mol. The van der Waals surface area contributed by atoms with Crippen LogP contribution in [0.5, 0.6) is 0 Å². The Kier molecular flexibility index (Phi) is 6.46. The minimum absolute atomic E-state index is 0.177. The van der Waals surface area contributed by atoms with Crippen LogP contribution in [-0.2, 0) is 27.3 Å². The van der Waals surface area contributed by atoms with Gasteiger partial charge < -0.3 is 10.1 Å². The summed E-state index contributed by atoms with van der Waals surface area (Å²) in [7, 11) is 1.40. The van der Waals surface area contributed by atoms with E-state index in [0.717, 1.165) is 30.5 Å². The first-order valence-corrected chi connectivity index (χ1v) is 5.94. The van der Waals surface area contributed by atoms with Crippen molar-refractivity contribution in [3.63, 3.8) is 0 Å². The molecule has 98 valence electrons. The van der Waals surface area contributed by atoms with Gasteiger partial charge in [0.25, 0.3) is 0 Å². The van der Waals surface area contributed by atoms with Gasteiger partial charge in [0.1, 0.15) is 0 Å². The van der Waals surface area contributed by atoms with E-state index in [2.05, 4.69) is 15.0 Å². The maximum atomic E-state index is 10.9. The number of hydrogen-bond acceptors (Lipinski definition) is 4. The Balaban J connectivity index is 2.41. The van der Waals surface area contributed by atoms with E-state index in [0.29, 0.717) is 19.4 Å². The first-order chi connectivity index (χ1) is 8.77. The normalized spacial score (nSPS) is 9.83. The smallest absolute Gasteiger partial charge is 0.305 e. The average molecular weight is 250 g/mol. The van der Waals surface area contributed by atoms with Crippen LogP contribution in [0, 0.1) is 0 Å². The first kappa shape index (κ1) is 14.2. The van der Waals surface area contributed by atoms with E-state index in [1.54, 1.807) is 6.20 Å². The molecule has 18 heavy (non-hydrogen) atoms. The standard InChI is InChI=1S/C13H18N2O3/c1-18-13(17)7-3-2-5-11-6-4-8-15-12(11)9-14-10-16/h4,6,8,10H,2-3,5,7,9H2,1H3,(H,14,16). The number of nitrogens with zero attached hydrogens (tertiary/aromatic N) is 1. The molecule has 0 atom stereocenters. The van der Waals surface area contributed by atoms with E-state index in [4.69, 9.17) is 0 Å². The molecular formula is C13H18N2O3. The third kappa shape index (κ3) is 4.95. The number of esters is 1. The number of carbonyl (C=O) groups is 2. The van der Waals surface area contributed by atoms with Gasteiger partial charge in [-0.15, -0.1) is 0 Å². The topological polar surface area (TPSA) is 68.3 Å². The number of pyridine rings is 1. The van der Waals surface area contributed by atoms with Crippen molar-refractivity contribution in [1.82, 2.24) is 10.3 Å². The number of hydrogen-bond donors (Lipinski definition) is 1. The number of aromatic nitrogens is 1. The quantitative estimate of drug-likeness (QED) is 0.428. The van der Waals surface area contributed by atoms with Crippen molar-refractivity contribution in [2.24, 2.45) is 0 Å². The summed E-state index contributed by atoms with van der Waals surface area (Å²) in [4.78, 5) is 25.4. The average Bonchev–Trinajstić information content (AvgIpc) is 2.42. The van der Waals surface area contributed by atoms with Gasteiger partial charge in [0.15, 0.2) is 0 Å². The molecule has 1 aromatic heterocycles. The van der Waals surface area contributed by atoms with Gasteiger partial charge in [-0.1, -0.05) is 6.07 Å². The summed E-state index contributed by atoms with van der Waals surface area (Å²) in [5, 5.41) is 2.61. The summed E-state index contributed by atoms with van der Waals surface area (Å²) in [6.07, 6.45) is 5.35. The van der Waals surface area contributed by atoms with Crippen LogP contribution in [0.1, 0.15) is 30.5 Å². The molecule has 0 saturated carbocycles. The molecular weight excluding hydrogens is 232 g/mol. The van der Waals surface area contributed by atoms with Crippen LogP contribution < -0.4 is 5.32 Å². The number of aryl methyl sites for hydroxylation is 1. The highest BCUT2D eigenvalue weighted by Gasteiger charge is 2.04. The molecule has 0 bridgehead atoms. The molecule has 1 aromatic rings. The molecule has 0 unspecified atom stereocenters. The van der Waals surface area contributed by atoms with Gasteiger partial charge in [-0.05, 0) is 30.9 Å². The number of unbranched alkanes of at least 4 members (excludes halogenated alkanes) is 1. The molecule has 1 rings (SSSR count). The second kappa shape index (κ2) is 8.22. The van der Waals surface area contributed by atoms with E-state index in [1.807, 2.05) is 12.1 Å². The lowest BCUT2D eigenvalue weighted by molar-refractivity contribution is -0.140. The summed E-state index contributed by atoms with van der Waals surface area (Å²) >= 11 is 0. The van der Waals surface area contributed by atoms with Gasteiger partial charge in [0.05, 0.1) is 19.3 Å². The molecule has 1 N–H and O–H groups in total. The van der Waals surface area contributed by atoms with Crippen molar-refractivity contribution >= 4 is 12.4 Å². The van der Waals surface area contributed by atoms with Gasteiger partial charge in [-0.3, -0.25) is 14.6 Å². The van der Waals surface area contributed by atoms with Crippen LogP contribution in [0.25, 0.3) is 0 Å². The maximum Gasteiger partial charge on any atom is 0.305 e. The van der Waals surface area contributed by atoms with Crippen LogP contribution in [0.15, 0.2) is 18.3 Å². The van der Waals surface area contributed by atoms with Gasteiger partial charge in [-0.25, -0.2) is 0 Å². The van der Waals surface area contributed by atoms with Crippen LogP contribution >= 0.6 is 0 Å². The highest BCUT2D eigenvalue weighted by atomic mass is 16.5. The van der Waals surface area contributed by atoms with Gasteiger partial charge >= 0.3 is 5.97 Å². The van der Waals surface area contributed by atoms with Crippen molar-refractivity contribution in [3.05, 3.63) is 29.6 Å².